The Morgan fingerprint density at radius 2 is 2.36 bits per heavy atom. The highest BCUT2D eigenvalue weighted by molar-refractivity contribution is 6.32. The van der Waals surface area contributed by atoms with Crippen LogP contribution in [-0.2, 0) is 0 Å². The number of amides is 1. The molecule has 0 heterocycles. The zero-order valence-electron chi connectivity index (χ0n) is 7.46. The van der Waals surface area contributed by atoms with Gasteiger partial charge in [-0.15, -0.1) is 6.58 Å². The maximum atomic E-state index is 11.4. The van der Waals surface area contributed by atoms with E-state index in [9.17, 15) is 4.79 Å². The van der Waals surface area contributed by atoms with Crippen LogP contribution < -0.4 is 5.32 Å². The molecule has 1 aromatic rings. The maximum absolute atomic E-state index is 11.4. The van der Waals surface area contributed by atoms with E-state index in [-0.39, 0.29) is 16.7 Å². The van der Waals surface area contributed by atoms with Gasteiger partial charge in [0.1, 0.15) is 5.75 Å². The first-order valence-electron chi connectivity index (χ1n) is 4.02. The minimum absolute atomic E-state index is 0.0352. The molecule has 4 heteroatoms. The number of rotatable bonds is 3. The Hall–Kier alpha value is -1.48. The first-order chi connectivity index (χ1) is 6.65. The van der Waals surface area contributed by atoms with Crippen molar-refractivity contribution in [1.29, 1.82) is 0 Å². The van der Waals surface area contributed by atoms with Gasteiger partial charge in [0.15, 0.2) is 0 Å². The van der Waals surface area contributed by atoms with Gasteiger partial charge in [-0.25, -0.2) is 0 Å². The van der Waals surface area contributed by atoms with Gasteiger partial charge >= 0.3 is 0 Å². The quantitative estimate of drug-likeness (QED) is 0.751. The molecule has 0 saturated heterocycles. The van der Waals surface area contributed by atoms with Crippen molar-refractivity contribution in [2.75, 3.05) is 6.54 Å². The molecule has 1 aromatic carbocycles. The van der Waals surface area contributed by atoms with Gasteiger partial charge in [0.25, 0.3) is 5.91 Å². The summed E-state index contributed by atoms with van der Waals surface area (Å²) >= 11 is 5.64. The van der Waals surface area contributed by atoms with Gasteiger partial charge in [-0.2, -0.15) is 0 Å². The van der Waals surface area contributed by atoms with Crippen molar-refractivity contribution in [3.05, 3.63) is 41.4 Å². The average molecular weight is 212 g/mol. The molecule has 0 aliphatic carbocycles. The maximum Gasteiger partial charge on any atom is 0.251 e. The van der Waals surface area contributed by atoms with Crippen molar-refractivity contribution < 1.29 is 9.90 Å². The van der Waals surface area contributed by atoms with E-state index in [1.54, 1.807) is 6.08 Å². The predicted molar refractivity (Wildman–Crippen MR) is 55.6 cm³/mol. The van der Waals surface area contributed by atoms with Crippen molar-refractivity contribution in [3.8, 4) is 5.75 Å². The minimum atomic E-state index is -0.244. The number of benzene rings is 1. The van der Waals surface area contributed by atoms with Crippen LogP contribution in [0.5, 0.6) is 5.75 Å². The second kappa shape index (κ2) is 4.67. The number of nitrogens with one attached hydrogen (secondary N) is 1. The molecule has 1 rings (SSSR count). The molecule has 0 aromatic heterocycles. The summed E-state index contributed by atoms with van der Waals surface area (Å²) in [5.74, 6) is -0.279. The second-order valence-electron chi connectivity index (χ2n) is 2.66. The van der Waals surface area contributed by atoms with E-state index in [0.717, 1.165) is 0 Å². The Kier molecular flexibility index (Phi) is 3.54. The molecule has 3 nitrogen and oxygen atoms in total. The summed E-state index contributed by atoms with van der Waals surface area (Å²) in [7, 11) is 0. The molecule has 0 unspecified atom stereocenters. The number of carbonyl (C=O) groups excluding carboxylic acids is 1. The summed E-state index contributed by atoms with van der Waals surface area (Å²) in [6.07, 6.45) is 1.58. The Morgan fingerprint density at radius 1 is 1.64 bits per heavy atom. The molecule has 0 saturated carbocycles. The third-order valence-corrected chi connectivity index (χ3v) is 1.92. The first kappa shape index (κ1) is 10.6. The van der Waals surface area contributed by atoms with Crippen LogP contribution in [0.25, 0.3) is 0 Å². The summed E-state index contributed by atoms with van der Waals surface area (Å²) < 4.78 is 0. The summed E-state index contributed by atoms with van der Waals surface area (Å²) in [6.45, 7) is 3.88. The van der Waals surface area contributed by atoms with E-state index in [0.29, 0.717) is 12.1 Å². The van der Waals surface area contributed by atoms with Crippen LogP contribution >= 0.6 is 11.6 Å². The van der Waals surface area contributed by atoms with Crippen molar-refractivity contribution in [2.24, 2.45) is 0 Å². The van der Waals surface area contributed by atoms with Gasteiger partial charge in [0.05, 0.1) is 5.02 Å². The van der Waals surface area contributed by atoms with E-state index in [1.807, 2.05) is 0 Å². The van der Waals surface area contributed by atoms with Crippen molar-refractivity contribution in [1.82, 2.24) is 5.32 Å². The fraction of sp³-hybridized carbons (Fsp3) is 0.100. The first-order valence-corrected chi connectivity index (χ1v) is 4.40. The molecule has 2 N–H and O–H groups in total. The molecular weight excluding hydrogens is 202 g/mol. The minimum Gasteiger partial charge on any atom is -0.506 e. The Labute approximate surface area is 87.0 Å². The van der Waals surface area contributed by atoms with Crippen LogP contribution in [0.15, 0.2) is 30.9 Å². The highest BCUT2D eigenvalue weighted by atomic mass is 35.5. The van der Waals surface area contributed by atoms with Crippen LogP contribution in [0.1, 0.15) is 10.4 Å². The van der Waals surface area contributed by atoms with E-state index >= 15 is 0 Å². The summed E-state index contributed by atoms with van der Waals surface area (Å²) in [4.78, 5) is 11.4. The van der Waals surface area contributed by atoms with Crippen LogP contribution in [0, 0.1) is 0 Å². The van der Waals surface area contributed by atoms with Crippen LogP contribution in [0.4, 0.5) is 0 Å². The van der Waals surface area contributed by atoms with E-state index < -0.39 is 0 Å². The molecule has 0 spiro atoms. The molecule has 0 aliphatic rings. The van der Waals surface area contributed by atoms with Gasteiger partial charge < -0.3 is 10.4 Å². The monoisotopic (exact) mass is 211 g/mol. The third-order valence-electron chi connectivity index (χ3n) is 1.62. The normalized spacial score (nSPS) is 9.50. The Bertz CT molecular complexity index is 363. The molecule has 14 heavy (non-hydrogen) atoms. The lowest BCUT2D eigenvalue weighted by atomic mass is 10.2. The van der Waals surface area contributed by atoms with Crippen LogP contribution in [0.3, 0.4) is 0 Å². The molecule has 0 aliphatic heterocycles. The molecule has 0 atom stereocenters. The SMILES string of the molecule is C=CCNC(=O)c1ccc(O)c(Cl)c1. The van der Waals surface area contributed by atoms with E-state index in [4.69, 9.17) is 16.7 Å². The van der Waals surface area contributed by atoms with Gasteiger partial charge in [0, 0.05) is 12.1 Å². The largest absolute Gasteiger partial charge is 0.506 e. The van der Waals surface area contributed by atoms with Crippen molar-refractivity contribution in [3.63, 3.8) is 0 Å². The fourth-order valence-corrected chi connectivity index (χ4v) is 1.10. The molecule has 74 valence electrons. The Balaban J connectivity index is 2.80. The number of phenols is 1. The molecule has 1 amide bonds. The van der Waals surface area contributed by atoms with Gasteiger partial charge in [0.2, 0.25) is 0 Å². The van der Waals surface area contributed by atoms with E-state index in [2.05, 4.69) is 11.9 Å². The van der Waals surface area contributed by atoms with Gasteiger partial charge in [-0.3, -0.25) is 4.79 Å². The van der Waals surface area contributed by atoms with Crippen molar-refractivity contribution in [2.45, 2.75) is 0 Å². The number of aromatic hydroxyl groups is 1. The molecular formula is C10H10ClNO2. The number of phenolic OH excluding ortho intramolecular Hbond substituents is 1. The van der Waals surface area contributed by atoms with Crippen molar-refractivity contribution >= 4 is 17.5 Å². The van der Waals surface area contributed by atoms with Crippen LogP contribution in [-0.4, -0.2) is 17.6 Å². The zero-order chi connectivity index (χ0) is 10.6. The highest BCUT2D eigenvalue weighted by Crippen LogP contribution is 2.23. The number of hydrogen-bond acceptors (Lipinski definition) is 2. The number of halogens is 1. The smallest absolute Gasteiger partial charge is 0.251 e. The highest BCUT2D eigenvalue weighted by Gasteiger charge is 2.06. The summed E-state index contributed by atoms with van der Waals surface area (Å²) in [6, 6.07) is 4.29. The lowest BCUT2D eigenvalue weighted by Gasteiger charge is -2.03. The average Bonchev–Trinajstić information content (AvgIpc) is 2.18. The molecule has 0 bridgehead atoms. The third kappa shape index (κ3) is 2.50. The topological polar surface area (TPSA) is 49.3 Å². The number of hydrogen-bond donors (Lipinski definition) is 2. The molecule has 0 fully saturated rings. The summed E-state index contributed by atoms with van der Waals surface area (Å²) in [5.41, 5.74) is 0.412. The number of carbonyl (C=O) groups is 1. The zero-order valence-corrected chi connectivity index (χ0v) is 8.21. The predicted octanol–water partition coefficient (Wildman–Crippen LogP) is 1.96. The Morgan fingerprint density at radius 3 is 2.93 bits per heavy atom. The van der Waals surface area contributed by atoms with Gasteiger partial charge in [-0.1, -0.05) is 17.7 Å². The lowest BCUT2D eigenvalue weighted by Crippen LogP contribution is -2.22. The van der Waals surface area contributed by atoms with E-state index in [1.165, 1.54) is 18.2 Å². The lowest BCUT2D eigenvalue weighted by molar-refractivity contribution is 0.0958. The molecule has 0 radical (unpaired) electrons. The van der Waals surface area contributed by atoms with Crippen LogP contribution in [0.2, 0.25) is 5.02 Å². The van der Waals surface area contributed by atoms with Gasteiger partial charge in [-0.05, 0) is 18.2 Å². The standard InChI is InChI=1S/C10H10ClNO2/c1-2-5-12-10(14)7-3-4-9(13)8(11)6-7/h2-4,6,13H,1,5H2,(H,12,14). The summed E-state index contributed by atoms with van der Waals surface area (Å²) in [5, 5.41) is 11.9. The second-order valence-corrected chi connectivity index (χ2v) is 3.07. The fourth-order valence-electron chi connectivity index (χ4n) is 0.915.